The molecule has 1 unspecified atom stereocenters. The molecule has 1 fully saturated rings. The number of hydrogen-bond donors (Lipinski definition) is 0. The first kappa shape index (κ1) is 8.10. The maximum absolute atomic E-state index is 3.60. The Morgan fingerprint density at radius 2 is 2.20 bits per heavy atom. The van der Waals surface area contributed by atoms with Gasteiger partial charge >= 0.3 is 0 Å². The fourth-order valence-electron chi connectivity index (χ4n) is 1.88. The van der Waals surface area contributed by atoms with Crippen LogP contribution in [0.1, 0.15) is 52.4 Å². The summed E-state index contributed by atoms with van der Waals surface area (Å²) in [4.78, 5) is 0. The molecule has 1 saturated carbocycles. The number of rotatable bonds is 2. The minimum absolute atomic E-state index is 0.479. The highest BCUT2D eigenvalue weighted by atomic mass is 14.3. The summed E-state index contributed by atoms with van der Waals surface area (Å²) in [7, 11) is 0. The summed E-state index contributed by atoms with van der Waals surface area (Å²) in [6.45, 7) is 4.62. The van der Waals surface area contributed by atoms with E-state index in [2.05, 4.69) is 20.3 Å². The van der Waals surface area contributed by atoms with Crippen molar-refractivity contribution in [2.45, 2.75) is 52.4 Å². The smallest absolute Gasteiger partial charge is 0.0109 e. The first-order valence-corrected chi connectivity index (χ1v) is 4.52. The molecule has 0 nitrogen and oxygen atoms in total. The highest BCUT2D eigenvalue weighted by Crippen LogP contribution is 2.38. The van der Waals surface area contributed by atoms with Gasteiger partial charge in [-0.05, 0) is 31.1 Å². The Bertz CT molecular complexity index is 82.7. The molecule has 0 heteroatoms. The normalized spacial score (nSPS) is 24.6. The van der Waals surface area contributed by atoms with Crippen LogP contribution in [0.25, 0.3) is 0 Å². The third-order valence-electron chi connectivity index (χ3n) is 2.51. The average Bonchev–Trinajstić information content (AvgIpc) is 1.89. The zero-order valence-electron chi connectivity index (χ0n) is 7.24. The van der Waals surface area contributed by atoms with Crippen LogP contribution in [0.3, 0.4) is 0 Å². The summed E-state index contributed by atoms with van der Waals surface area (Å²) in [6.07, 6.45) is 11.6. The van der Waals surface area contributed by atoms with Crippen LogP contribution in [0, 0.1) is 11.8 Å². The molecule has 0 amide bonds. The van der Waals surface area contributed by atoms with Gasteiger partial charge in [0.15, 0.2) is 0 Å². The van der Waals surface area contributed by atoms with E-state index in [0.717, 1.165) is 0 Å². The van der Waals surface area contributed by atoms with Crippen molar-refractivity contribution in [1.29, 1.82) is 0 Å². The predicted molar refractivity (Wildman–Crippen MR) is 44.7 cm³/mol. The first-order valence-electron chi connectivity index (χ1n) is 4.52. The van der Waals surface area contributed by atoms with Gasteiger partial charge in [0.2, 0.25) is 0 Å². The van der Waals surface area contributed by atoms with Gasteiger partial charge in [-0.2, -0.15) is 0 Å². The van der Waals surface area contributed by atoms with Gasteiger partial charge in [0.1, 0.15) is 0 Å². The van der Waals surface area contributed by atoms with Crippen molar-refractivity contribution in [3.05, 3.63) is 6.42 Å². The quantitative estimate of drug-likeness (QED) is 0.548. The molecule has 0 heterocycles. The molecule has 0 N–H and O–H groups in total. The Hall–Kier alpha value is 0. The largest absolute Gasteiger partial charge is 0.0654 e. The second-order valence-corrected chi connectivity index (χ2v) is 3.69. The second kappa shape index (κ2) is 3.41. The van der Waals surface area contributed by atoms with Crippen LogP contribution in [-0.2, 0) is 0 Å². The molecule has 2 radical (unpaired) electrons. The zero-order valence-corrected chi connectivity index (χ0v) is 7.24. The lowest BCUT2D eigenvalue weighted by molar-refractivity contribution is 0.272. The van der Waals surface area contributed by atoms with Crippen LogP contribution in [0.5, 0.6) is 0 Å². The maximum Gasteiger partial charge on any atom is -0.0109 e. The van der Waals surface area contributed by atoms with Gasteiger partial charge < -0.3 is 0 Å². The second-order valence-electron chi connectivity index (χ2n) is 3.69. The van der Waals surface area contributed by atoms with Crippen molar-refractivity contribution in [1.82, 2.24) is 0 Å². The minimum Gasteiger partial charge on any atom is -0.0654 e. The molecule has 10 heavy (non-hydrogen) atoms. The molecule has 58 valence electrons. The molecule has 0 aliphatic heterocycles. The summed E-state index contributed by atoms with van der Waals surface area (Å²) in [5, 5.41) is 0. The lowest BCUT2D eigenvalue weighted by Crippen LogP contribution is -2.20. The topological polar surface area (TPSA) is 0 Å². The summed E-state index contributed by atoms with van der Waals surface area (Å²) >= 11 is 0. The summed E-state index contributed by atoms with van der Waals surface area (Å²) in [5.74, 6) is 0. The van der Waals surface area contributed by atoms with Crippen LogP contribution in [-0.4, -0.2) is 0 Å². The van der Waals surface area contributed by atoms with Crippen molar-refractivity contribution in [2.24, 2.45) is 5.41 Å². The zero-order chi connectivity index (χ0) is 7.45. The van der Waals surface area contributed by atoms with Crippen molar-refractivity contribution in [2.75, 3.05) is 0 Å². The third-order valence-corrected chi connectivity index (χ3v) is 2.51. The fraction of sp³-hybridized carbons (Fsp3) is 0.900. The van der Waals surface area contributed by atoms with Gasteiger partial charge in [-0.1, -0.05) is 33.1 Å². The van der Waals surface area contributed by atoms with Crippen molar-refractivity contribution >= 4 is 0 Å². The molecule has 1 atom stereocenters. The summed E-state index contributed by atoms with van der Waals surface area (Å²) in [6, 6.07) is 0. The third kappa shape index (κ3) is 2.00. The average molecular weight is 138 g/mol. The highest BCUT2D eigenvalue weighted by Gasteiger charge is 2.25. The molecule has 0 aromatic rings. The van der Waals surface area contributed by atoms with E-state index in [4.69, 9.17) is 0 Å². The van der Waals surface area contributed by atoms with Crippen molar-refractivity contribution in [3.8, 4) is 0 Å². The van der Waals surface area contributed by atoms with Crippen LogP contribution >= 0.6 is 0 Å². The number of hydrogen-bond acceptors (Lipinski definition) is 0. The van der Waals surface area contributed by atoms with E-state index in [-0.39, 0.29) is 0 Å². The van der Waals surface area contributed by atoms with Gasteiger partial charge in [0.25, 0.3) is 0 Å². The molecule has 0 bridgehead atoms. The molecule has 0 spiro atoms. The van der Waals surface area contributed by atoms with Crippen LogP contribution in [0.2, 0.25) is 0 Å². The lowest BCUT2D eigenvalue weighted by Gasteiger charge is -2.32. The molecular formula is C10H18. The molecule has 1 aliphatic carbocycles. The standard InChI is InChI=1S/C10H18/c1-3-7-10(2)8-5-4-6-9-10/h3-8H2,1-2H3. The van der Waals surface area contributed by atoms with Gasteiger partial charge in [-0.3, -0.25) is 0 Å². The van der Waals surface area contributed by atoms with Crippen LogP contribution in [0.4, 0.5) is 0 Å². The summed E-state index contributed by atoms with van der Waals surface area (Å²) < 4.78 is 0. The molecular weight excluding hydrogens is 120 g/mol. The Kier molecular flexibility index (Phi) is 2.76. The van der Waals surface area contributed by atoms with Crippen molar-refractivity contribution < 1.29 is 0 Å². The van der Waals surface area contributed by atoms with Crippen LogP contribution in [0.15, 0.2) is 0 Å². The van der Waals surface area contributed by atoms with Gasteiger partial charge in [-0.25, -0.2) is 0 Å². The first-order chi connectivity index (χ1) is 4.77. The summed E-state index contributed by atoms with van der Waals surface area (Å²) in [5.41, 5.74) is 0.479. The van der Waals surface area contributed by atoms with E-state index in [1.807, 2.05) is 0 Å². The van der Waals surface area contributed by atoms with Gasteiger partial charge in [0, 0.05) is 0 Å². The molecule has 0 aromatic carbocycles. The Balaban J connectivity index is 2.32. The fourth-order valence-corrected chi connectivity index (χ4v) is 1.88. The predicted octanol–water partition coefficient (Wildman–Crippen LogP) is 3.45. The van der Waals surface area contributed by atoms with Gasteiger partial charge in [-0.15, -0.1) is 0 Å². The van der Waals surface area contributed by atoms with Crippen LogP contribution < -0.4 is 0 Å². The van der Waals surface area contributed by atoms with E-state index in [9.17, 15) is 0 Å². The Morgan fingerprint density at radius 1 is 1.40 bits per heavy atom. The Labute approximate surface area is 65.0 Å². The molecule has 0 aromatic heterocycles. The monoisotopic (exact) mass is 138 g/mol. The van der Waals surface area contributed by atoms with E-state index >= 15 is 0 Å². The van der Waals surface area contributed by atoms with E-state index < -0.39 is 0 Å². The SMILES string of the molecule is CCCC1(C)[C]CCCC1. The van der Waals surface area contributed by atoms with E-state index in [1.54, 1.807) is 0 Å². The van der Waals surface area contributed by atoms with E-state index in [0.29, 0.717) is 5.41 Å². The lowest BCUT2D eigenvalue weighted by atomic mass is 9.73. The highest BCUT2D eigenvalue weighted by molar-refractivity contribution is 4.91. The van der Waals surface area contributed by atoms with Crippen molar-refractivity contribution in [3.63, 3.8) is 0 Å². The van der Waals surface area contributed by atoms with E-state index in [1.165, 1.54) is 38.5 Å². The molecule has 1 aliphatic rings. The maximum atomic E-state index is 3.60. The minimum atomic E-state index is 0.479. The molecule has 0 saturated heterocycles. The molecule has 1 rings (SSSR count). The Morgan fingerprint density at radius 3 is 2.70 bits per heavy atom. The van der Waals surface area contributed by atoms with Gasteiger partial charge in [0.05, 0.1) is 0 Å².